The van der Waals surface area contributed by atoms with E-state index in [4.69, 9.17) is 5.73 Å². The van der Waals surface area contributed by atoms with Crippen LogP contribution in [-0.2, 0) is 0 Å². The van der Waals surface area contributed by atoms with Gasteiger partial charge in [-0.3, -0.25) is 9.59 Å². The number of primary amides is 1. The van der Waals surface area contributed by atoms with Crippen molar-refractivity contribution in [1.29, 1.82) is 0 Å². The number of amides is 2. The number of nitrogens with one attached hydrogen (secondary N) is 1. The van der Waals surface area contributed by atoms with Crippen molar-refractivity contribution in [2.24, 2.45) is 5.73 Å². The van der Waals surface area contributed by atoms with Gasteiger partial charge in [-0.05, 0) is 48.6 Å². The Labute approximate surface area is 151 Å². The van der Waals surface area contributed by atoms with Crippen molar-refractivity contribution in [3.8, 4) is 0 Å². The summed E-state index contributed by atoms with van der Waals surface area (Å²) in [5.74, 6) is -0.102. The molecule has 0 spiro atoms. The lowest BCUT2D eigenvalue weighted by Gasteiger charge is -2.32. The van der Waals surface area contributed by atoms with Crippen LogP contribution in [0.5, 0.6) is 0 Å². The first-order valence-corrected chi connectivity index (χ1v) is 8.88. The maximum absolute atomic E-state index is 12.7. The number of aromatic nitrogens is 1. The smallest absolute Gasteiger partial charge is 0.253 e. The first kappa shape index (κ1) is 16.4. The number of nitrogens with zero attached hydrogens (tertiary/aromatic N) is 1. The number of carbonyl (C=O) groups is 2. The summed E-state index contributed by atoms with van der Waals surface area (Å²) >= 11 is 0. The summed E-state index contributed by atoms with van der Waals surface area (Å²) in [5.41, 5.74) is 8.69. The Balaban J connectivity index is 1.47. The van der Waals surface area contributed by atoms with E-state index in [2.05, 4.69) is 29.4 Å². The van der Waals surface area contributed by atoms with Crippen molar-refractivity contribution in [3.05, 3.63) is 71.4 Å². The second-order valence-corrected chi connectivity index (χ2v) is 6.80. The van der Waals surface area contributed by atoms with E-state index in [-0.39, 0.29) is 5.91 Å². The van der Waals surface area contributed by atoms with E-state index in [1.807, 2.05) is 11.0 Å². The predicted molar refractivity (Wildman–Crippen MR) is 101 cm³/mol. The Morgan fingerprint density at radius 3 is 2.50 bits per heavy atom. The van der Waals surface area contributed by atoms with Gasteiger partial charge < -0.3 is 15.6 Å². The molecule has 2 amide bonds. The van der Waals surface area contributed by atoms with Crippen LogP contribution in [0.4, 0.5) is 0 Å². The Morgan fingerprint density at radius 1 is 1.00 bits per heavy atom. The molecule has 5 nitrogen and oxygen atoms in total. The lowest BCUT2D eigenvalue weighted by molar-refractivity contribution is 0.0713. The highest BCUT2D eigenvalue weighted by molar-refractivity contribution is 5.99. The molecule has 1 aliphatic heterocycles. The third kappa shape index (κ3) is 2.96. The Kier molecular flexibility index (Phi) is 4.21. The number of carbonyl (C=O) groups excluding carboxylic acids is 2. The minimum absolute atomic E-state index is 0.0366. The average molecular weight is 347 g/mol. The number of nitrogens with two attached hydrogens (primary N) is 1. The first-order valence-electron chi connectivity index (χ1n) is 8.88. The lowest BCUT2D eigenvalue weighted by Crippen LogP contribution is -2.38. The topological polar surface area (TPSA) is 79.2 Å². The van der Waals surface area contributed by atoms with E-state index in [1.54, 1.807) is 24.3 Å². The average Bonchev–Trinajstić information content (AvgIpc) is 3.12. The molecule has 0 atom stereocenters. The third-order valence-corrected chi connectivity index (χ3v) is 5.24. The number of benzene rings is 2. The molecule has 1 saturated heterocycles. The number of para-hydroxylation sites is 1. The molecule has 132 valence electrons. The van der Waals surface area contributed by atoms with E-state index in [0.717, 1.165) is 18.4 Å². The first-order chi connectivity index (χ1) is 12.6. The van der Waals surface area contributed by atoms with Gasteiger partial charge in [0.1, 0.15) is 0 Å². The van der Waals surface area contributed by atoms with Crippen LogP contribution in [0, 0.1) is 0 Å². The number of rotatable bonds is 3. The number of likely N-dealkylation sites (tertiary alicyclic amines) is 1. The quantitative estimate of drug-likeness (QED) is 0.762. The normalized spacial score (nSPS) is 15.3. The van der Waals surface area contributed by atoms with Crippen molar-refractivity contribution in [1.82, 2.24) is 9.88 Å². The standard InChI is InChI=1S/C21H21N3O2/c22-20(25)15-4-3-5-16(12-15)21(26)24-10-8-14(9-11-24)18-13-23-19-7-2-1-6-17(18)19/h1-7,12-14,23H,8-11H2,(H2,22,25). The Morgan fingerprint density at radius 2 is 1.73 bits per heavy atom. The van der Waals surface area contributed by atoms with E-state index in [9.17, 15) is 9.59 Å². The van der Waals surface area contributed by atoms with Crippen LogP contribution in [0.1, 0.15) is 45.0 Å². The lowest BCUT2D eigenvalue weighted by atomic mass is 9.89. The molecule has 0 unspecified atom stereocenters. The van der Waals surface area contributed by atoms with E-state index in [1.165, 1.54) is 10.9 Å². The molecule has 0 radical (unpaired) electrons. The molecule has 1 aromatic heterocycles. The minimum Gasteiger partial charge on any atom is -0.366 e. The highest BCUT2D eigenvalue weighted by atomic mass is 16.2. The van der Waals surface area contributed by atoms with Gasteiger partial charge in [0.2, 0.25) is 5.91 Å². The molecule has 3 aromatic rings. The van der Waals surface area contributed by atoms with Crippen molar-refractivity contribution in [3.63, 3.8) is 0 Å². The van der Waals surface area contributed by atoms with E-state index >= 15 is 0 Å². The van der Waals surface area contributed by atoms with Crippen molar-refractivity contribution in [2.45, 2.75) is 18.8 Å². The van der Waals surface area contributed by atoms with Crippen LogP contribution in [0.3, 0.4) is 0 Å². The Bertz CT molecular complexity index is 968. The number of hydrogen-bond donors (Lipinski definition) is 2. The second kappa shape index (κ2) is 6.67. The van der Waals surface area contributed by atoms with Gasteiger partial charge in [-0.2, -0.15) is 0 Å². The van der Waals surface area contributed by atoms with E-state index in [0.29, 0.717) is 30.1 Å². The van der Waals surface area contributed by atoms with Crippen LogP contribution in [-0.4, -0.2) is 34.8 Å². The van der Waals surface area contributed by atoms with Gasteiger partial charge in [0.05, 0.1) is 0 Å². The van der Waals surface area contributed by atoms with Crippen LogP contribution in [0.25, 0.3) is 10.9 Å². The zero-order valence-electron chi connectivity index (χ0n) is 14.4. The second-order valence-electron chi connectivity index (χ2n) is 6.80. The molecule has 26 heavy (non-hydrogen) atoms. The summed E-state index contributed by atoms with van der Waals surface area (Å²) in [6, 6.07) is 15.0. The van der Waals surface area contributed by atoms with Crippen LogP contribution < -0.4 is 5.73 Å². The molecule has 3 N–H and O–H groups in total. The molecule has 4 rings (SSSR count). The van der Waals surface area contributed by atoms with Gasteiger partial charge in [0, 0.05) is 41.3 Å². The Hall–Kier alpha value is -3.08. The molecular weight excluding hydrogens is 326 g/mol. The molecule has 1 fully saturated rings. The molecule has 2 heterocycles. The van der Waals surface area contributed by atoms with E-state index < -0.39 is 5.91 Å². The fraction of sp³-hybridized carbons (Fsp3) is 0.238. The summed E-state index contributed by atoms with van der Waals surface area (Å²) in [6.45, 7) is 1.42. The zero-order chi connectivity index (χ0) is 18.1. The zero-order valence-corrected chi connectivity index (χ0v) is 14.4. The predicted octanol–water partition coefficient (Wildman–Crippen LogP) is 3.29. The van der Waals surface area contributed by atoms with Crippen LogP contribution >= 0.6 is 0 Å². The van der Waals surface area contributed by atoms with Crippen molar-refractivity contribution >= 4 is 22.7 Å². The molecule has 1 aliphatic rings. The maximum Gasteiger partial charge on any atom is 0.253 e. The van der Waals surface area contributed by atoms with Crippen LogP contribution in [0.2, 0.25) is 0 Å². The summed E-state index contributed by atoms with van der Waals surface area (Å²) < 4.78 is 0. The molecule has 0 aliphatic carbocycles. The third-order valence-electron chi connectivity index (χ3n) is 5.24. The molecule has 0 bridgehead atoms. The number of hydrogen-bond acceptors (Lipinski definition) is 2. The SMILES string of the molecule is NC(=O)c1cccc(C(=O)N2CCC(c3c[nH]c4ccccc34)CC2)c1. The van der Waals surface area contributed by atoms with Gasteiger partial charge in [-0.15, -0.1) is 0 Å². The molecular formula is C21H21N3O2. The number of aromatic amines is 1. The molecule has 2 aromatic carbocycles. The van der Waals surface area contributed by atoms with Gasteiger partial charge in [-0.1, -0.05) is 24.3 Å². The number of fused-ring (bicyclic) bond motifs is 1. The summed E-state index contributed by atoms with van der Waals surface area (Å²) in [7, 11) is 0. The highest BCUT2D eigenvalue weighted by Crippen LogP contribution is 2.33. The van der Waals surface area contributed by atoms with Crippen molar-refractivity contribution < 1.29 is 9.59 Å². The molecule has 0 saturated carbocycles. The maximum atomic E-state index is 12.7. The fourth-order valence-corrected chi connectivity index (χ4v) is 3.81. The minimum atomic E-state index is -0.516. The fourth-order valence-electron chi connectivity index (χ4n) is 3.81. The number of piperidine rings is 1. The summed E-state index contributed by atoms with van der Waals surface area (Å²) in [6.07, 6.45) is 3.97. The van der Waals surface area contributed by atoms with Gasteiger partial charge in [0.15, 0.2) is 0 Å². The monoisotopic (exact) mass is 347 g/mol. The number of H-pyrrole nitrogens is 1. The highest BCUT2D eigenvalue weighted by Gasteiger charge is 2.26. The van der Waals surface area contributed by atoms with Gasteiger partial charge >= 0.3 is 0 Å². The van der Waals surface area contributed by atoms with Crippen LogP contribution in [0.15, 0.2) is 54.7 Å². The largest absolute Gasteiger partial charge is 0.366 e. The summed E-state index contributed by atoms with van der Waals surface area (Å²) in [4.78, 5) is 29.3. The van der Waals surface area contributed by atoms with Crippen molar-refractivity contribution in [2.75, 3.05) is 13.1 Å². The molecule has 5 heteroatoms. The van der Waals surface area contributed by atoms with Gasteiger partial charge in [-0.25, -0.2) is 0 Å². The summed E-state index contributed by atoms with van der Waals surface area (Å²) in [5, 5.41) is 1.27. The van der Waals surface area contributed by atoms with Gasteiger partial charge in [0.25, 0.3) is 5.91 Å².